The van der Waals surface area contributed by atoms with E-state index in [2.05, 4.69) is 49.5 Å². The van der Waals surface area contributed by atoms with Gasteiger partial charge in [0.2, 0.25) is 5.91 Å². The van der Waals surface area contributed by atoms with Crippen LogP contribution in [-0.2, 0) is 16.2 Å². The van der Waals surface area contributed by atoms with Crippen LogP contribution in [0.4, 0.5) is 5.69 Å². The van der Waals surface area contributed by atoms with E-state index in [1.807, 2.05) is 73.0 Å². The largest absolute Gasteiger partial charge is 0.487 e. The second-order valence-electron chi connectivity index (χ2n) is 10.3. The first kappa shape index (κ1) is 27.7. The first-order valence-electron chi connectivity index (χ1n) is 13.8. The summed E-state index contributed by atoms with van der Waals surface area (Å²) in [7, 11) is 0. The van der Waals surface area contributed by atoms with Gasteiger partial charge in [0.25, 0.3) is 0 Å². The Kier molecular flexibility index (Phi) is 8.49. The predicted molar refractivity (Wildman–Crippen MR) is 161 cm³/mol. The van der Waals surface area contributed by atoms with Crippen molar-refractivity contribution in [3.63, 3.8) is 0 Å². The molecule has 0 aliphatic heterocycles. The first-order valence-corrected chi connectivity index (χ1v) is 13.8. The Morgan fingerprint density at radius 2 is 1.61 bits per heavy atom. The number of carboxylic acids is 1. The summed E-state index contributed by atoms with van der Waals surface area (Å²) in [5.74, 6) is -0.756. The van der Waals surface area contributed by atoms with Crippen molar-refractivity contribution in [2.24, 2.45) is 5.92 Å². The van der Waals surface area contributed by atoms with Gasteiger partial charge >= 0.3 is 5.97 Å². The Bertz CT molecular complexity index is 1640. The Morgan fingerprint density at radius 3 is 2.34 bits per heavy atom. The van der Waals surface area contributed by atoms with Gasteiger partial charge in [-0.3, -0.25) is 9.59 Å². The monoisotopic (exact) mass is 547 g/mol. The third-order valence-electron chi connectivity index (χ3n) is 7.46. The van der Waals surface area contributed by atoms with Gasteiger partial charge in [0.15, 0.2) is 0 Å². The number of amides is 1. The molecule has 5 rings (SSSR count). The molecule has 0 aliphatic rings. The number of furan rings is 1. The zero-order chi connectivity index (χ0) is 28.8. The summed E-state index contributed by atoms with van der Waals surface area (Å²) in [4.78, 5) is 23.5. The fourth-order valence-corrected chi connectivity index (χ4v) is 5.17. The van der Waals surface area contributed by atoms with Crippen LogP contribution >= 0.6 is 0 Å². The van der Waals surface area contributed by atoms with Gasteiger partial charge in [-0.1, -0.05) is 99.1 Å². The number of ether oxygens (including phenoxy) is 1. The van der Waals surface area contributed by atoms with E-state index >= 15 is 0 Å². The molecule has 0 saturated carbocycles. The van der Waals surface area contributed by atoms with Crippen molar-refractivity contribution in [3.05, 3.63) is 120 Å². The van der Waals surface area contributed by atoms with Crippen molar-refractivity contribution >= 4 is 28.5 Å². The van der Waals surface area contributed by atoms with Crippen LogP contribution in [0.15, 0.2) is 108 Å². The number of nitrogens with one attached hydrogen (secondary N) is 1. The minimum absolute atomic E-state index is 0.178. The smallest absolute Gasteiger partial charge is 0.312 e. The lowest BCUT2D eigenvalue weighted by atomic mass is 9.80. The lowest BCUT2D eigenvalue weighted by molar-refractivity contribution is -0.139. The zero-order valence-corrected chi connectivity index (χ0v) is 23.2. The van der Waals surface area contributed by atoms with E-state index in [-0.39, 0.29) is 5.92 Å². The van der Waals surface area contributed by atoms with Gasteiger partial charge in [-0.15, -0.1) is 0 Å². The first-order chi connectivity index (χ1) is 19.9. The molecule has 1 amide bonds. The second kappa shape index (κ2) is 12.6. The number of rotatable bonds is 11. The van der Waals surface area contributed by atoms with Gasteiger partial charge in [0.1, 0.15) is 24.4 Å². The van der Waals surface area contributed by atoms with Gasteiger partial charge in [0, 0.05) is 16.9 Å². The molecule has 0 fully saturated rings. The summed E-state index contributed by atoms with van der Waals surface area (Å²) in [6, 6.07) is 31.9. The van der Waals surface area contributed by atoms with E-state index in [4.69, 9.17) is 14.3 Å². The van der Waals surface area contributed by atoms with Crippen molar-refractivity contribution in [2.45, 2.75) is 39.2 Å². The van der Waals surface area contributed by atoms with Crippen LogP contribution in [0.3, 0.4) is 0 Å². The van der Waals surface area contributed by atoms with Crippen LogP contribution in [0.25, 0.3) is 22.1 Å². The maximum atomic E-state index is 12.4. The highest BCUT2D eigenvalue weighted by atomic mass is 16.5. The molecule has 5 aromatic rings. The molecule has 6 nitrogen and oxygen atoms in total. The van der Waals surface area contributed by atoms with E-state index in [0.29, 0.717) is 24.0 Å². The molecule has 0 aliphatic carbocycles. The van der Waals surface area contributed by atoms with Crippen molar-refractivity contribution in [1.82, 2.24) is 0 Å². The van der Waals surface area contributed by atoms with Crippen LogP contribution in [0.5, 0.6) is 5.75 Å². The summed E-state index contributed by atoms with van der Waals surface area (Å²) in [6.45, 7) is 4.78. The quantitative estimate of drug-likeness (QED) is 0.163. The van der Waals surface area contributed by atoms with Crippen molar-refractivity contribution in [3.8, 4) is 16.9 Å². The molecule has 2 unspecified atom stereocenters. The van der Waals surface area contributed by atoms with E-state index in [1.54, 1.807) is 0 Å². The predicted octanol–water partition coefficient (Wildman–Crippen LogP) is 8.27. The molecule has 1 aromatic heterocycles. The van der Waals surface area contributed by atoms with Crippen molar-refractivity contribution < 1.29 is 23.8 Å². The standard InChI is InChI=1S/C35H33NO5/c1-3-23(2)35(29-22-41-31-12-8-7-11-28(29)31)26-15-13-25(14-16-26)27-17-18-32(40-21-24-9-5-4-6-10-24)30(19-27)36-33(37)20-34(38)39/h4-19,22-23,35H,3,20-21H2,1-2H3,(H,36,37)(H,38,39). The molecule has 2 atom stereocenters. The third-order valence-corrected chi connectivity index (χ3v) is 7.46. The highest BCUT2D eigenvalue weighted by Gasteiger charge is 2.24. The Balaban J connectivity index is 1.44. The molecule has 41 heavy (non-hydrogen) atoms. The van der Waals surface area contributed by atoms with Gasteiger partial charge < -0.3 is 19.6 Å². The topological polar surface area (TPSA) is 88.8 Å². The maximum Gasteiger partial charge on any atom is 0.312 e. The summed E-state index contributed by atoms with van der Waals surface area (Å²) in [5, 5.41) is 12.9. The van der Waals surface area contributed by atoms with Crippen molar-refractivity contribution in [2.75, 3.05) is 5.32 Å². The number of para-hydroxylation sites is 1. The van der Waals surface area contributed by atoms with Gasteiger partial charge in [-0.2, -0.15) is 0 Å². The number of aliphatic carboxylic acids is 1. The fraction of sp³-hybridized carbons (Fsp3) is 0.200. The number of fused-ring (bicyclic) bond motifs is 1. The number of carboxylic acid groups (broad SMARTS) is 1. The van der Waals surface area contributed by atoms with Gasteiger partial charge in [-0.05, 0) is 46.4 Å². The van der Waals surface area contributed by atoms with Crippen LogP contribution in [0.1, 0.15) is 49.3 Å². The number of hydrogen-bond acceptors (Lipinski definition) is 4. The Labute approximate surface area is 239 Å². The number of hydrogen-bond donors (Lipinski definition) is 2. The summed E-state index contributed by atoms with van der Waals surface area (Å²) in [6.07, 6.45) is 2.28. The lowest BCUT2D eigenvalue weighted by Crippen LogP contribution is -2.16. The molecule has 0 spiro atoms. The zero-order valence-electron chi connectivity index (χ0n) is 23.2. The Hall–Kier alpha value is -4.84. The molecule has 0 bridgehead atoms. The highest BCUT2D eigenvalue weighted by molar-refractivity contribution is 6.02. The molecule has 2 N–H and O–H groups in total. The summed E-state index contributed by atoms with van der Waals surface area (Å²) in [5.41, 5.74) is 6.53. The summed E-state index contributed by atoms with van der Waals surface area (Å²) >= 11 is 0. The van der Waals surface area contributed by atoms with E-state index in [9.17, 15) is 9.59 Å². The SMILES string of the molecule is CCC(C)C(c1ccc(-c2ccc(OCc3ccccc3)c(NC(=O)CC(=O)O)c2)cc1)c1coc2ccccc12. The van der Waals surface area contributed by atoms with Crippen LogP contribution < -0.4 is 10.1 Å². The normalized spacial score (nSPS) is 12.5. The highest BCUT2D eigenvalue weighted by Crippen LogP contribution is 2.39. The van der Waals surface area contributed by atoms with E-state index in [1.165, 1.54) is 11.1 Å². The summed E-state index contributed by atoms with van der Waals surface area (Å²) < 4.78 is 11.9. The number of carbonyl (C=O) groups is 2. The molecule has 0 radical (unpaired) electrons. The molecule has 1 heterocycles. The number of carbonyl (C=O) groups excluding carboxylic acids is 1. The third kappa shape index (κ3) is 6.49. The Morgan fingerprint density at radius 1 is 0.902 bits per heavy atom. The molecular weight excluding hydrogens is 514 g/mol. The minimum atomic E-state index is -1.19. The van der Waals surface area contributed by atoms with Crippen LogP contribution in [0, 0.1) is 5.92 Å². The molecule has 6 heteroatoms. The average molecular weight is 548 g/mol. The van der Waals surface area contributed by atoms with Gasteiger partial charge in [-0.25, -0.2) is 0 Å². The molecule has 0 saturated heterocycles. The fourth-order valence-electron chi connectivity index (χ4n) is 5.17. The number of benzene rings is 4. The van der Waals surface area contributed by atoms with E-state index in [0.717, 1.165) is 34.1 Å². The maximum absolute atomic E-state index is 12.4. The van der Waals surface area contributed by atoms with Crippen molar-refractivity contribution in [1.29, 1.82) is 0 Å². The minimum Gasteiger partial charge on any atom is -0.487 e. The van der Waals surface area contributed by atoms with E-state index < -0.39 is 18.3 Å². The number of anilines is 1. The molecule has 208 valence electrons. The van der Waals surface area contributed by atoms with Crippen LogP contribution in [-0.4, -0.2) is 17.0 Å². The molecule has 4 aromatic carbocycles. The van der Waals surface area contributed by atoms with Gasteiger partial charge in [0.05, 0.1) is 12.0 Å². The second-order valence-corrected chi connectivity index (χ2v) is 10.3. The molecular formula is C35H33NO5. The van der Waals surface area contributed by atoms with Crippen LogP contribution in [0.2, 0.25) is 0 Å². The lowest BCUT2D eigenvalue weighted by Gasteiger charge is -2.23. The average Bonchev–Trinajstić information content (AvgIpc) is 3.40.